The van der Waals surface area contributed by atoms with Gasteiger partial charge in [0.1, 0.15) is 0 Å². The zero-order valence-electron chi connectivity index (χ0n) is 13.7. The minimum absolute atomic E-state index is 0.0249. The molecule has 0 aromatic heterocycles. The van der Waals surface area contributed by atoms with E-state index in [1.807, 2.05) is 0 Å². The van der Waals surface area contributed by atoms with Crippen molar-refractivity contribution < 1.29 is 18.3 Å². The van der Waals surface area contributed by atoms with Crippen molar-refractivity contribution in [3.8, 4) is 0 Å². The van der Waals surface area contributed by atoms with Gasteiger partial charge in [-0.15, -0.1) is 0 Å². The minimum Gasteiger partial charge on any atom is -0.393 e. The maximum absolute atomic E-state index is 12.4. The highest BCUT2D eigenvalue weighted by molar-refractivity contribution is 7.89. The van der Waals surface area contributed by atoms with E-state index < -0.39 is 10.0 Å². The molecule has 0 bridgehead atoms. The fourth-order valence-electron chi connectivity index (χ4n) is 2.84. The molecule has 0 atom stereocenters. The Bertz CT molecular complexity index is 692. The van der Waals surface area contributed by atoms with E-state index in [1.165, 1.54) is 13.1 Å². The monoisotopic (exact) mass is 340 g/mol. The number of aliphatic hydroxyl groups is 1. The molecular weight excluding hydrogens is 316 g/mol. The molecule has 7 heteroatoms. The Kier molecular flexibility index (Phi) is 5.44. The van der Waals surface area contributed by atoms with Crippen molar-refractivity contribution in [2.45, 2.75) is 56.6 Å². The third-order valence-electron chi connectivity index (χ3n) is 4.47. The van der Waals surface area contributed by atoms with Crippen molar-refractivity contribution in [1.29, 1.82) is 0 Å². The lowest BCUT2D eigenvalue weighted by Crippen LogP contribution is -2.38. The highest BCUT2D eigenvalue weighted by Crippen LogP contribution is 2.22. The molecule has 128 valence electrons. The van der Waals surface area contributed by atoms with Gasteiger partial charge < -0.3 is 10.4 Å². The van der Waals surface area contributed by atoms with Crippen LogP contribution < -0.4 is 10.0 Å². The molecule has 0 heterocycles. The highest BCUT2D eigenvalue weighted by atomic mass is 32.2. The fourth-order valence-corrected chi connectivity index (χ4v) is 3.90. The average molecular weight is 340 g/mol. The molecule has 6 nitrogen and oxygen atoms in total. The Labute approximate surface area is 137 Å². The maximum Gasteiger partial charge on any atom is 0.251 e. The second-order valence-corrected chi connectivity index (χ2v) is 7.96. The SMILES string of the molecule is CNS(=O)(=O)c1cc(C(=O)NC2CCC(O)CC2)cc(C)c1C. The molecule has 0 aliphatic heterocycles. The summed E-state index contributed by atoms with van der Waals surface area (Å²) >= 11 is 0. The Hall–Kier alpha value is -1.44. The fraction of sp³-hybridized carbons (Fsp3) is 0.562. The third kappa shape index (κ3) is 4.10. The van der Waals surface area contributed by atoms with Crippen LogP contribution in [-0.2, 0) is 10.0 Å². The summed E-state index contributed by atoms with van der Waals surface area (Å²) in [5.74, 6) is -0.276. The van der Waals surface area contributed by atoms with E-state index in [4.69, 9.17) is 0 Å². The van der Waals surface area contributed by atoms with Gasteiger partial charge in [-0.2, -0.15) is 0 Å². The molecule has 0 saturated heterocycles. The van der Waals surface area contributed by atoms with E-state index in [9.17, 15) is 18.3 Å². The largest absolute Gasteiger partial charge is 0.393 e. The van der Waals surface area contributed by atoms with Crippen LogP contribution in [0.2, 0.25) is 0 Å². The number of carbonyl (C=O) groups is 1. The quantitative estimate of drug-likeness (QED) is 0.768. The molecular formula is C16H24N2O4S. The van der Waals surface area contributed by atoms with Crippen LogP contribution >= 0.6 is 0 Å². The summed E-state index contributed by atoms with van der Waals surface area (Å²) in [5.41, 5.74) is 1.73. The van der Waals surface area contributed by atoms with E-state index in [0.717, 1.165) is 18.4 Å². The maximum atomic E-state index is 12.4. The van der Waals surface area contributed by atoms with Gasteiger partial charge in [0, 0.05) is 11.6 Å². The lowest BCUT2D eigenvalue weighted by atomic mass is 9.93. The summed E-state index contributed by atoms with van der Waals surface area (Å²) in [6.45, 7) is 3.52. The highest BCUT2D eigenvalue weighted by Gasteiger charge is 2.23. The number of rotatable bonds is 4. The molecule has 0 spiro atoms. The average Bonchev–Trinajstić information content (AvgIpc) is 2.51. The zero-order chi connectivity index (χ0) is 17.2. The van der Waals surface area contributed by atoms with Gasteiger partial charge in [-0.05, 0) is 69.8 Å². The molecule has 1 fully saturated rings. The molecule has 3 N–H and O–H groups in total. The van der Waals surface area contributed by atoms with Crippen LogP contribution in [0.25, 0.3) is 0 Å². The van der Waals surface area contributed by atoms with Crippen molar-refractivity contribution in [3.05, 3.63) is 28.8 Å². The number of aryl methyl sites for hydroxylation is 1. The summed E-state index contributed by atoms with van der Waals surface area (Å²) in [6, 6.07) is 3.15. The van der Waals surface area contributed by atoms with Crippen LogP contribution in [0, 0.1) is 13.8 Å². The number of aliphatic hydroxyl groups excluding tert-OH is 1. The van der Waals surface area contributed by atoms with E-state index in [0.29, 0.717) is 24.0 Å². The molecule has 1 aliphatic rings. The molecule has 23 heavy (non-hydrogen) atoms. The van der Waals surface area contributed by atoms with Gasteiger partial charge in [-0.25, -0.2) is 13.1 Å². The predicted molar refractivity (Wildman–Crippen MR) is 87.9 cm³/mol. The molecule has 1 aromatic carbocycles. The first-order chi connectivity index (χ1) is 10.7. The zero-order valence-corrected chi connectivity index (χ0v) is 14.5. The number of nitrogens with one attached hydrogen (secondary N) is 2. The number of benzene rings is 1. The number of sulfonamides is 1. The van der Waals surface area contributed by atoms with Crippen molar-refractivity contribution in [3.63, 3.8) is 0 Å². The van der Waals surface area contributed by atoms with Crippen molar-refractivity contribution in [1.82, 2.24) is 10.0 Å². The first-order valence-corrected chi connectivity index (χ1v) is 9.26. The van der Waals surface area contributed by atoms with Gasteiger partial charge in [-0.3, -0.25) is 4.79 Å². The topological polar surface area (TPSA) is 95.5 Å². The van der Waals surface area contributed by atoms with E-state index >= 15 is 0 Å². The standard InChI is InChI=1S/C16H24N2O4S/c1-10-8-12(9-15(11(10)2)23(21,22)17-3)16(20)18-13-4-6-14(19)7-5-13/h8-9,13-14,17,19H,4-7H2,1-3H3,(H,18,20). The van der Waals surface area contributed by atoms with Crippen molar-refractivity contribution in [2.75, 3.05) is 7.05 Å². The lowest BCUT2D eigenvalue weighted by molar-refractivity contribution is 0.0867. The molecule has 1 aliphatic carbocycles. The summed E-state index contributed by atoms with van der Waals surface area (Å²) in [7, 11) is -2.26. The Balaban J connectivity index is 2.24. The summed E-state index contributed by atoms with van der Waals surface area (Å²) < 4.78 is 26.5. The van der Waals surface area contributed by atoms with Gasteiger partial charge in [0.25, 0.3) is 5.91 Å². The second-order valence-electron chi connectivity index (χ2n) is 6.10. The number of hydrogen-bond acceptors (Lipinski definition) is 4. The van der Waals surface area contributed by atoms with Gasteiger partial charge in [0.15, 0.2) is 0 Å². The van der Waals surface area contributed by atoms with Gasteiger partial charge in [-0.1, -0.05) is 0 Å². The number of amides is 1. The van der Waals surface area contributed by atoms with Gasteiger partial charge in [0.05, 0.1) is 11.0 Å². The molecule has 1 amide bonds. The van der Waals surface area contributed by atoms with E-state index in [1.54, 1.807) is 19.9 Å². The molecule has 2 rings (SSSR count). The lowest BCUT2D eigenvalue weighted by Gasteiger charge is -2.26. The third-order valence-corrected chi connectivity index (χ3v) is 6.01. The van der Waals surface area contributed by atoms with Crippen LogP contribution in [0.4, 0.5) is 0 Å². The molecule has 0 unspecified atom stereocenters. The Morgan fingerprint density at radius 2 is 1.78 bits per heavy atom. The van der Waals surface area contributed by atoms with E-state index in [2.05, 4.69) is 10.0 Å². The summed E-state index contributed by atoms with van der Waals surface area (Å²) in [6.07, 6.45) is 2.55. The van der Waals surface area contributed by atoms with Crippen molar-refractivity contribution >= 4 is 15.9 Å². The summed E-state index contributed by atoms with van der Waals surface area (Å²) in [4.78, 5) is 12.6. The predicted octanol–water partition coefficient (Wildman–Crippen LogP) is 1.24. The van der Waals surface area contributed by atoms with Crippen LogP contribution in [-0.4, -0.2) is 38.6 Å². The minimum atomic E-state index is -3.61. The number of hydrogen-bond donors (Lipinski definition) is 3. The molecule has 0 radical (unpaired) electrons. The van der Waals surface area contributed by atoms with Crippen LogP contribution in [0.1, 0.15) is 47.2 Å². The Morgan fingerprint density at radius 3 is 2.35 bits per heavy atom. The van der Waals surface area contributed by atoms with E-state index in [-0.39, 0.29) is 22.9 Å². The van der Waals surface area contributed by atoms with Gasteiger partial charge in [0.2, 0.25) is 10.0 Å². The second kappa shape index (κ2) is 6.98. The van der Waals surface area contributed by atoms with Gasteiger partial charge >= 0.3 is 0 Å². The number of carbonyl (C=O) groups excluding carboxylic acids is 1. The normalized spacial score (nSPS) is 21.9. The van der Waals surface area contributed by atoms with Crippen LogP contribution in [0.3, 0.4) is 0 Å². The molecule has 1 aromatic rings. The van der Waals surface area contributed by atoms with Crippen LogP contribution in [0.15, 0.2) is 17.0 Å². The Morgan fingerprint density at radius 1 is 1.17 bits per heavy atom. The van der Waals surface area contributed by atoms with Crippen LogP contribution in [0.5, 0.6) is 0 Å². The smallest absolute Gasteiger partial charge is 0.251 e. The molecule has 1 saturated carbocycles. The first kappa shape index (κ1) is 17.9. The first-order valence-electron chi connectivity index (χ1n) is 7.78. The van der Waals surface area contributed by atoms with Crippen molar-refractivity contribution in [2.24, 2.45) is 0 Å². The summed E-state index contributed by atoms with van der Waals surface area (Å²) in [5, 5.41) is 12.4.